The van der Waals surface area contributed by atoms with Crippen molar-refractivity contribution in [3.05, 3.63) is 29.8 Å². The van der Waals surface area contributed by atoms with E-state index in [1.165, 1.54) is 31.4 Å². The third-order valence-electron chi connectivity index (χ3n) is 3.99. The summed E-state index contributed by atoms with van der Waals surface area (Å²) in [5.41, 5.74) is 1.31. The van der Waals surface area contributed by atoms with Crippen LogP contribution >= 0.6 is 0 Å². The van der Waals surface area contributed by atoms with Crippen molar-refractivity contribution >= 4 is 0 Å². The van der Waals surface area contributed by atoms with E-state index in [-0.39, 0.29) is 0 Å². The molecule has 1 aromatic carbocycles. The standard InChI is InChI=1S/C15H22N2O/c1-11(9-12-5-4-8-16-12)17-14-10-18-15-7-3-2-6-13(14)15/h2-3,6-7,11-12,14,16-17H,4-5,8-10H2,1H3. The number of hydrogen-bond acceptors (Lipinski definition) is 3. The van der Waals surface area contributed by atoms with Crippen LogP contribution in [0.5, 0.6) is 5.75 Å². The van der Waals surface area contributed by atoms with E-state index in [0.29, 0.717) is 18.1 Å². The molecule has 3 atom stereocenters. The first-order valence-electron chi connectivity index (χ1n) is 7.04. The van der Waals surface area contributed by atoms with Gasteiger partial charge in [-0.25, -0.2) is 0 Å². The maximum Gasteiger partial charge on any atom is 0.124 e. The predicted octanol–water partition coefficient (Wildman–Crippen LogP) is 2.24. The van der Waals surface area contributed by atoms with Gasteiger partial charge < -0.3 is 15.4 Å². The minimum absolute atomic E-state index is 0.359. The lowest BCUT2D eigenvalue weighted by molar-refractivity contribution is 0.292. The predicted molar refractivity (Wildman–Crippen MR) is 72.9 cm³/mol. The SMILES string of the molecule is CC(CC1CCCN1)NC1COc2ccccc21. The zero-order valence-electron chi connectivity index (χ0n) is 11.0. The molecule has 2 aliphatic rings. The molecule has 2 N–H and O–H groups in total. The Hall–Kier alpha value is -1.06. The second-order valence-electron chi connectivity index (χ2n) is 5.50. The van der Waals surface area contributed by atoms with E-state index >= 15 is 0 Å². The van der Waals surface area contributed by atoms with Crippen LogP contribution in [0.3, 0.4) is 0 Å². The number of nitrogens with one attached hydrogen (secondary N) is 2. The summed E-state index contributed by atoms with van der Waals surface area (Å²) in [6, 6.07) is 9.93. The van der Waals surface area contributed by atoms with Gasteiger partial charge in [-0.3, -0.25) is 0 Å². The topological polar surface area (TPSA) is 33.3 Å². The van der Waals surface area contributed by atoms with Gasteiger partial charge in [-0.1, -0.05) is 18.2 Å². The van der Waals surface area contributed by atoms with E-state index in [4.69, 9.17) is 4.74 Å². The van der Waals surface area contributed by atoms with Gasteiger partial charge in [0.25, 0.3) is 0 Å². The lowest BCUT2D eigenvalue weighted by atomic mass is 10.0. The molecular formula is C15H22N2O. The number of ether oxygens (including phenoxy) is 1. The molecular weight excluding hydrogens is 224 g/mol. The summed E-state index contributed by atoms with van der Waals surface area (Å²) in [7, 11) is 0. The number of benzene rings is 1. The average Bonchev–Trinajstić information content (AvgIpc) is 3.00. The molecule has 98 valence electrons. The highest BCUT2D eigenvalue weighted by Crippen LogP contribution is 2.32. The first-order chi connectivity index (χ1) is 8.83. The van der Waals surface area contributed by atoms with Crippen LogP contribution in [0.4, 0.5) is 0 Å². The quantitative estimate of drug-likeness (QED) is 0.855. The van der Waals surface area contributed by atoms with Gasteiger partial charge >= 0.3 is 0 Å². The molecule has 18 heavy (non-hydrogen) atoms. The van der Waals surface area contributed by atoms with Gasteiger partial charge in [0.15, 0.2) is 0 Å². The smallest absolute Gasteiger partial charge is 0.124 e. The van der Waals surface area contributed by atoms with Crippen molar-refractivity contribution in [1.82, 2.24) is 10.6 Å². The molecule has 3 rings (SSSR count). The van der Waals surface area contributed by atoms with Gasteiger partial charge in [0.2, 0.25) is 0 Å². The molecule has 1 aromatic rings. The van der Waals surface area contributed by atoms with Crippen molar-refractivity contribution in [3.8, 4) is 5.75 Å². The molecule has 0 amide bonds. The second kappa shape index (κ2) is 5.29. The minimum atomic E-state index is 0.359. The molecule has 0 aliphatic carbocycles. The Kier molecular flexibility index (Phi) is 3.52. The zero-order chi connectivity index (χ0) is 12.4. The summed E-state index contributed by atoms with van der Waals surface area (Å²) in [5, 5.41) is 7.26. The number of fused-ring (bicyclic) bond motifs is 1. The molecule has 0 bridgehead atoms. The maximum atomic E-state index is 5.70. The fraction of sp³-hybridized carbons (Fsp3) is 0.600. The molecule has 2 heterocycles. The van der Waals surface area contributed by atoms with E-state index in [1.54, 1.807) is 0 Å². The minimum Gasteiger partial charge on any atom is -0.491 e. The molecule has 3 unspecified atom stereocenters. The normalized spacial score (nSPS) is 27.8. The number of rotatable bonds is 4. The monoisotopic (exact) mass is 246 g/mol. The Bertz CT molecular complexity index is 401. The molecule has 1 saturated heterocycles. The van der Waals surface area contributed by atoms with Crippen LogP contribution in [0.25, 0.3) is 0 Å². The molecule has 1 fully saturated rings. The highest BCUT2D eigenvalue weighted by atomic mass is 16.5. The molecule has 0 saturated carbocycles. The summed E-state index contributed by atoms with van der Waals surface area (Å²) in [5.74, 6) is 1.04. The Balaban J connectivity index is 1.57. The van der Waals surface area contributed by atoms with Gasteiger partial charge in [-0.15, -0.1) is 0 Å². The Morgan fingerprint density at radius 3 is 3.17 bits per heavy atom. The van der Waals surface area contributed by atoms with Crippen LogP contribution in [0.2, 0.25) is 0 Å². The Morgan fingerprint density at radius 2 is 2.33 bits per heavy atom. The zero-order valence-corrected chi connectivity index (χ0v) is 11.0. The Labute approximate surface area is 109 Å². The van der Waals surface area contributed by atoms with E-state index in [2.05, 4.69) is 35.8 Å². The molecule has 2 aliphatic heterocycles. The van der Waals surface area contributed by atoms with Crippen molar-refractivity contribution in [3.63, 3.8) is 0 Å². The largest absolute Gasteiger partial charge is 0.491 e. The van der Waals surface area contributed by atoms with Crippen molar-refractivity contribution in [1.29, 1.82) is 0 Å². The van der Waals surface area contributed by atoms with E-state index in [9.17, 15) is 0 Å². The summed E-state index contributed by atoms with van der Waals surface area (Å²) in [6.45, 7) is 4.23. The van der Waals surface area contributed by atoms with E-state index < -0.39 is 0 Å². The first-order valence-corrected chi connectivity index (χ1v) is 7.04. The Morgan fingerprint density at radius 1 is 1.44 bits per heavy atom. The van der Waals surface area contributed by atoms with Crippen LogP contribution in [0.1, 0.15) is 37.8 Å². The van der Waals surface area contributed by atoms with Crippen LogP contribution in [-0.4, -0.2) is 25.2 Å². The van der Waals surface area contributed by atoms with E-state index in [0.717, 1.165) is 12.4 Å². The summed E-state index contributed by atoms with van der Waals surface area (Å²) >= 11 is 0. The third kappa shape index (κ3) is 2.52. The van der Waals surface area contributed by atoms with Crippen molar-refractivity contribution in [2.45, 2.75) is 44.3 Å². The molecule has 3 nitrogen and oxygen atoms in total. The highest BCUT2D eigenvalue weighted by molar-refractivity contribution is 5.39. The van der Waals surface area contributed by atoms with Gasteiger partial charge in [0.1, 0.15) is 12.4 Å². The van der Waals surface area contributed by atoms with Crippen molar-refractivity contribution in [2.24, 2.45) is 0 Å². The van der Waals surface area contributed by atoms with Crippen LogP contribution in [0, 0.1) is 0 Å². The van der Waals surface area contributed by atoms with Crippen LogP contribution in [0.15, 0.2) is 24.3 Å². The average molecular weight is 246 g/mol. The lowest BCUT2D eigenvalue weighted by Crippen LogP contribution is -2.36. The maximum absolute atomic E-state index is 5.70. The second-order valence-corrected chi connectivity index (χ2v) is 5.50. The highest BCUT2D eigenvalue weighted by Gasteiger charge is 2.26. The lowest BCUT2D eigenvalue weighted by Gasteiger charge is -2.21. The fourth-order valence-electron chi connectivity index (χ4n) is 3.10. The van der Waals surface area contributed by atoms with Gasteiger partial charge in [-0.05, 0) is 38.8 Å². The first kappa shape index (κ1) is 12.0. The van der Waals surface area contributed by atoms with Gasteiger partial charge in [-0.2, -0.15) is 0 Å². The van der Waals surface area contributed by atoms with E-state index in [1.807, 2.05) is 6.07 Å². The number of hydrogen-bond donors (Lipinski definition) is 2. The summed E-state index contributed by atoms with van der Waals surface area (Å²) < 4.78 is 5.70. The molecule has 0 radical (unpaired) electrons. The fourth-order valence-corrected chi connectivity index (χ4v) is 3.10. The molecule has 0 spiro atoms. The molecule has 3 heteroatoms. The van der Waals surface area contributed by atoms with Crippen LogP contribution in [-0.2, 0) is 0 Å². The summed E-state index contributed by atoms with van der Waals surface area (Å²) in [4.78, 5) is 0. The van der Waals surface area contributed by atoms with Crippen molar-refractivity contribution in [2.75, 3.05) is 13.2 Å². The molecule has 0 aromatic heterocycles. The number of para-hydroxylation sites is 1. The van der Waals surface area contributed by atoms with Crippen molar-refractivity contribution < 1.29 is 4.74 Å². The van der Waals surface area contributed by atoms with Gasteiger partial charge in [0, 0.05) is 17.6 Å². The third-order valence-corrected chi connectivity index (χ3v) is 3.99. The van der Waals surface area contributed by atoms with Gasteiger partial charge in [0.05, 0.1) is 6.04 Å². The summed E-state index contributed by atoms with van der Waals surface area (Å²) in [6.07, 6.45) is 3.86. The van der Waals surface area contributed by atoms with Crippen LogP contribution < -0.4 is 15.4 Å².